The van der Waals surface area contributed by atoms with Crippen LogP contribution >= 0.6 is 0 Å². The summed E-state index contributed by atoms with van der Waals surface area (Å²) < 4.78 is 11.0. The molecule has 144 valence electrons. The lowest BCUT2D eigenvalue weighted by atomic mass is 9.90. The number of piperidine rings is 1. The molecule has 1 aromatic rings. The van der Waals surface area contributed by atoms with E-state index in [9.17, 15) is 9.59 Å². The molecule has 1 unspecified atom stereocenters. The lowest BCUT2D eigenvalue weighted by Crippen LogP contribution is -2.49. The Balaban J connectivity index is 1.65. The number of carbonyl (C=O) groups is 2. The van der Waals surface area contributed by atoms with Gasteiger partial charge in [-0.2, -0.15) is 0 Å². The van der Waals surface area contributed by atoms with Gasteiger partial charge in [-0.1, -0.05) is 25.4 Å². The maximum absolute atomic E-state index is 12.9. The Morgan fingerprint density at radius 2 is 2.00 bits per heavy atom. The summed E-state index contributed by atoms with van der Waals surface area (Å²) in [4.78, 5) is 28.9. The Bertz CT molecular complexity index is 676. The van der Waals surface area contributed by atoms with E-state index < -0.39 is 5.60 Å². The predicted octanol–water partition coefficient (Wildman–Crippen LogP) is 3.16. The van der Waals surface area contributed by atoms with Crippen molar-refractivity contribution in [1.82, 2.24) is 15.0 Å². The van der Waals surface area contributed by atoms with E-state index in [2.05, 4.69) is 19.0 Å². The number of aromatic nitrogens is 1. The molecule has 1 spiro atoms. The van der Waals surface area contributed by atoms with Gasteiger partial charge in [0.1, 0.15) is 16.9 Å². The lowest BCUT2D eigenvalue weighted by molar-refractivity contribution is 0.00301. The molecule has 1 aromatic heterocycles. The van der Waals surface area contributed by atoms with Crippen molar-refractivity contribution >= 4 is 12.0 Å². The first kappa shape index (κ1) is 18.7. The van der Waals surface area contributed by atoms with Crippen molar-refractivity contribution in [3.63, 3.8) is 0 Å². The van der Waals surface area contributed by atoms with Crippen molar-refractivity contribution in [3.8, 4) is 0 Å². The summed E-state index contributed by atoms with van der Waals surface area (Å²) in [5, 5.41) is 3.98. The second-order valence-corrected chi connectivity index (χ2v) is 7.52. The number of hydrogen-bond acceptors (Lipinski definition) is 5. The van der Waals surface area contributed by atoms with Crippen LogP contribution in [0.25, 0.3) is 0 Å². The van der Waals surface area contributed by atoms with Crippen LogP contribution in [0.4, 0.5) is 4.79 Å². The average molecular weight is 363 g/mol. The van der Waals surface area contributed by atoms with Gasteiger partial charge in [-0.3, -0.25) is 4.79 Å². The molecule has 0 bridgehead atoms. The van der Waals surface area contributed by atoms with Crippen LogP contribution in [0.15, 0.2) is 4.52 Å². The molecule has 0 radical (unpaired) electrons. The zero-order valence-corrected chi connectivity index (χ0v) is 16.2. The molecule has 7 heteroatoms. The van der Waals surface area contributed by atoms with E-state index in [1.165, 1.54) is 0 Å². The van der Waals surface area contributed by atoms with E-state index in [1.807, 2.05) is 16.7 Å². The van der Waals surface area contributed by atoms with Gasteiger partial charge in [-0.15, -0.1) is 0 Å². The van der Waals surface area contributed by atoms with Crippen LogP contribution in [0.2, 0.25) is 0 Å². The van der Waals surface area contributed by atoms with Gasteiger partial charge in [0.25, 0.3) is 5.91 Å². The maximum atomic E-state index is 12.9. The van der Waals surface area contributed by atoms with E-state index in [-0.39, 0.29) is 18.0 Å². The Morgan fingerprint density at radius 1 is 1.31 bits per heavy atom. The summed E-state index contributed by atoms with van der Waals surface area (Å²) in [7, 11) is 0. The number of amides is 2. The Kier molecular flexibility index (Phi) is 5.25. The molecule has 0 N–H and O–H groups in total. The van der Waals surface area contributed by atoms with Gasteiger partial charge in [-0.05, 0) is 26.7 Å². The zero-order chi connectivity index (χ0) is 18.9. The third-order valence-corrected chi connectivity index (χ3v) is 5.68. The highest BCUT2D eigenvalue weighted by molar-refractivity contribution is 5.96. The third kappa shape index (κ3) is 3.31. The summed E-state index contributed by atoms with van der Waals surface area (Å²) >= 11 is 0. The number of ether oxygens (including phenoxy) is 1. The van der Waals surface area contributed by atoms with Crippen LogP contribution in [-0.2, 0) is 11.2 Å². The van der Waals surface area contributed by atoms with Crippen LogP contribution in [-0.4, -0.2) is 58.2 Å². The minimum Gasteiger partial charge on any atom is -0.441 e. The van der Waals surface area contributed by atoms with Crippen LogP contribution in [0.5, 0.6) is 0 Å². The first-order chi connectivity index (χ1) is 12.4. The molecule has 2 saturated heterocycles. The minimum atomic E-state index is -0.451. The maximum Gasteiger partial charge on any atom is 0.410 e. The number of aryl methyl sites for hydroxylation is 2. The number of likely N-dealkylation sites (tertiary alicyclic amines) is 1. The van der Waals surface area contributed by atoms with Crippen LogP contribution in [0.1, 0.15) is 68.3 Å². The fourth-order valence-corrected chi connectivity index (χ4v) is 4.03. The van der Waals surface area contributed by atoms with Crippen LogP contribution in [0, 0.1) is 6.92 Å². The third-order valence-electron chi connectivity index (χ3n) is 5.68. The molecule has 2 amide bonds. The SMILES string of the molecule is CCCC(C)N1CC2(CCN(C(=O)c3c(CC)noc3C)CC2)OC1=O. The van der Waals surface area contributed by atoms with E-state index in [4.69, 9.17) is 9.26 Å². The summed E-state index contributed by atoms with van der Waals surface area (Å²) in [6.07, 6.45) is 3.81. The number of rotatable bonds is 5. The van der Waals surface area contributed by atoms with Gasteiger partial charge in [0.2, 0.25) is 0 Å². The Hall–Kier alpha value is -2.05. The van der Waals surface area contributed by atoms with Crippen molar-refractivity contribution in [2.24, 2.45) is 0 Å². The molecular weight excluding hydrogens is 334 g/mol. The second kappa shape index (κ2) is 7.29. The quantitative estimate of drug-likeness (QED) is 0.803. The van der Waals surface area contributed by atoms with Crippen molar-refractivity contribution in [2.75, 3.05) is 19.6 Å². The van der Waals surface area contributed by atoms with Gasteiger partial charge < -0.3 is 19.1 Å². The highest BCUT2D eigenvalue weighted by atomic mass is 16.6. The van der Waals surface area contributed by atoms with E-state index in [0.717, 1.165) is 12.8 Å². The fourth-order valence-electron chi connectivity index (χ4n) is 4.03. The molecule has 3 heterocycles. The van der Waals surface area contributed by atoms with E-state index in [1.54, 1.807) is 6.92 Å². The van der Waals surface area contributed by atoms with Crippen molar-refractivity contribution in [1.29, 1.82) is 0 Å². The molecule has 7 nitrogen and oxygen atoms in total. The summed E-state index contributed by atoms with van der Waals surface area (Å²) in [5.74, 6) is 0.537. The van der Waals surface area contributed by atoms with E-state index in [0.29, 0.717) is 55.9 Å². The molecule has 1 atom stereocenters. The first-order valence-corrected chi connectivity index (χ1v) is 9.64. The Morgan fingerprint density at radius 3 is 2.62 bits per heavy atom. The van der Waals surface area contributed by atoms with Crippen molar-refractivity contribution in [3.05, 3.63) is 17.0 Å². The van der Waals surface area contributed by atoms with Gasteiger partial charge >= 0.3 is 6.09 Å². The van der Waals surface area contributed by atoms with Gasteiger partial charge in [0.15, 0.2) is 0 Å². The molecule has 0 saturated carbocycles. The largest absolute Gasteiger partial charge is 0.441 e. The zero-order valence-electron chi connectivity index (χ0n) is 16.2. The van der Waals surface area contributed by atoms with Crippen molar-refractivity contribution in [2.45, 2.75) is 71.4 Å². The molecule has 26 heavy (non-hydrogen) atoms. The number of carbonyl (C=O) groups excluding carboxylic acids is 2. The smallest absolute Gasteiger partial charge is 0.410 e. The fraction of sp³-hybridized carbons (Fsp3) is 0.737. The molecule has 0 aliphatic carbocycles. The Labute approximate surface area is 154 Å². The molecule has 2 aliphatic heterocycles. The minimum absolute atomic E-state index is 0.0315. The normalized spacial score (nSPS) is 20.5. The molecule has 2 aliphatic rings. The number of nitrogens with zero attached hydrogens (tertiary/aromatic N) is 3. The number of hydrogen-bond donors (Lipinski definition) is 0. The lowest BCUT2D eigenvalue weighted by Gasteiger charge is -2.37. The summed E-state index contributed by atoms with van der Waals surface area (Å²) in [6.45, 7) is 9.71. The molecule has 3 rings (SSSR count). The summed E-state index contributed by atoms with van der Waals surface area (Å²) in [5.41, 5.74) is 0.845. The summed E-state index contributed by atoms with van der Waals surface area (Å²) in [6, 6.07) is 0.193. The average Bonchev–Trinajstić information content (AvgIpc) is 3.15. The standard InChI is InChI=1S/C19H29N3O4/c1-5-7-13(3)22-12-19(25-18(22)24)8-10-21(11-9-19)17(23)16-14(4)26-20-15(16)6-2/h13H,5-12H2,1-4H3. The monoisotopic (exact) mass is 363 g/mol. The highest BCUT2D eigenvalue weighted by Crippen LogP contribution is 2.35. The van der Waals surface area contributed by atoms with Crippen molar-refractivity contribution < 1.29 is 18.8 Å². The second-order valence-electron chi connectivity index (χ2n) is 7.52. The van der Waals surface area contributed by atoms with Crippen LogP contribution < -0.4 is 0 Å². The van der Waals surface area contributed by atoms with Gasteiger partial charge in [-0.25, -0.2) is 4.79 Å². The first-order valence-electron chi connectivity index (χ1n) is 9.64. The van der Waals surface area contributed by atoms with Crippen LogP contribution in [0.3, 0.4) is 0 Å². The van der Waals surface area contributed by atoms with Gasteiger partial charge in [0.05, 0.1) is 12.2 Å². The molecular formula is C19H29N3O4. The van der Waals surface area contributed by atoms with Gasteiger partial charge in [0, 0.05) is 32.0 Å². The molecule has 0 aromatic carbocycles. The van der Waals surface area contributed by atoms with E-state index >= 15 is 0 Å². The highest BCUT2D eigenvalue weighted by Gasteiger charge is 2.48. The predicted molar refractivity (Wildman–Crippen MR) is 96.0 cm³/mol. The molecule has 2 fully saturated rings. The topological polar surface area (TPSA) is 75.9 Å².